The molecule has 0 radical (unpaired) electrons. The van der Waals surface area contributed by atoms with Gasteiger partial charge in [0.1, 0.15) is 10.4 Å². The van der Waals surface area contributed by atoms with Crippen molar-refractivity contribution in [2.45, 2.75) is 13.0 Å². The number of aromatic nitrogens is 2. The topological polar surface area (TPSA) is 81.5 Å². The van der Waals surface area contributed by atoms with E-state index in [-0.39, 0.29) is 11.3 Å². The Labute approximate surface area is 161 Å². The zero-order valence-electron chi connectivity index (χ0n) is 15.4. The maximum Gasteiger partial charge on any atom is 0.271 e. The number of fused-ring (bicyclic) bond motifs is 1. The van der Waals surface area contributed by atoms with Gasteiger partial charge in [-0.2, -0.15) is 0 Å². The monoisotopic (exact) mass is 407 g/mol. The van der Waals surface area contributed by atoms with Crippen molar-refractivity contribution in [3.8, 4) is 16.2 Å². The summed E-state index contributed by atoms with van der Waals surface area (Å²) in [4.78, 5) is 18.0. The standard InChI is InChI=1S/C18H21N3O4S2/c1-20(2)27(23,24)10-4-9-21-12-19-15-11-16(26-17(15)18(21)22)13-5-7-14(25-3)8-6-13/h5-8,11-12H,4,9-10H2,1-3H3. The van der Waals surface area contributed by atoms with E-state index in [4.69, 9.17) is 4.74 Å². The molecule has 2 aromatic heterocycles. The third-order valence-corrected chi connectivity index (χ3v) is 7.31. The van der Waals surface area contributed by atoms with Gasteiger partial charge in [0.15, 0.2) is 0 Å². The molecule has 1 aromatic carbocycles. The maximum atomic E-state index is 12.7. The largest absolute Gasteiger partial charge is 0.497 e. The molecule has 9 heteroatoms. The lowest BCUT2D eigenvalue weighted by molar-refractivity contribution is 0.415. The van der Waals surface area contributed by atoms with Gasteiger partial charge >= 0.3 is 0 Å². The summed E-state index contributed by atoms with van der Waals surface area (Å²) in [5.74, 6) is 0.763. The average molecular weight is 408 g/mol. The first-order valence-electron chi connectivity index (χ1n) is 8.35. The summed E-state index contributed by atoms with van der Waals surface area (Å²) in [6.45, 7) is 0.310. The molecule has 0 aliphatic carbocycles. The lowest BCUT2D eigenvalue weighted by Gasteiger charge is -2.11. The number of hydrogen-bond acceptors (Lipinski definition) is 6. The average Bonchev–Trinajstić information content (AvgIpc) is 3.08. The number of hydrogen-bond donors (Lipinski definition) is 0. The van der Waals surface area contributed by atoms with E-state index in [2.05, 4.69) is 4.98 Å². The van der Waals surface area contributed by atoms with Crippen LogP contribution in [0.5, 0.6) is 5.75 Å². The third kappa shape index (κ3) is 4.20. The predicted octanol–water partition coefficient (Wildman–Crippen LogP) is 2.42. The van der Waals surface area contributed by atoms with Crippen LogP contribution in [-0.4, -0.2) is 49.2 Å². The van der Waals surface area contributed by atoms with Crippen LogP contribution < -0.4 is 10.3 Å². The fraction of sp³-hybridized carbons (Fsp3) is 0.333. The molecule has 0 saturated heterocycles. The van der Waals surface area contributed by atoms with E-state index < -0.39 is 10.0 Å². The quantitative estimate of drug-likeness (QED) is 0.601. The highest BCUT2D eigenvalue weighted by Crippen LogP contribution is 2.31. The second-order valence-electron chi connectivity index (χ2n) is 6.25. The smallest absolute Gasteiger partial charge is 0.271 e. The molecule has 144 valence electrons. The summed E-state index contributed by atoms with van der Waals surface area (Å²) < 4.78 is 32.1. The van der Waals surface area contributed by atoms with Gasteiger partial charge in [0.2, 0.25) is 10.0 Å². The summed E-state index contributed by atoms with van der Waals surface area (Å²) in [7, 11) is 1.35. The Kier molecular flexibility index (Phi) is 5.64. The molecule has 0 fully saturated rings. The van der Waals surface area contributed by atoms with Crippen LogP contribution in [0, 0.1) is 0 Å². The number of ether oxygens (including phenoxy) is 1. The van der Waals surface area contributed by atoms with Crippen molar-refractivity contribution < 1.29 is 13.2 Å². The van der Waals surface area contributed by atoms with Crippen molar-refractivity contribution in [1.29, 1.82) is 0 Å². The summed E-state index contributed by atoms with van der Waals surface area (Å²) >= 11 is 1.39. The first-order valence-corrected chi connectivity index (χ1v) is 10.8. The molecule has 0 aliphatic heterocycles. The van der Waals surface area contributed by atoms with Crippen molar-refractivity contribution in [3.05, 3.63) is 47.0 Å². The number of rotatable bonds is 7. The van der Waals surface area contributed by atoms with Crippen molar-refractivity contribution in [2.24, 2.45) is 0 Å². The van der Waals surface area contributed by atoms with Crippen LogP contribution in [0.3, 0.4) is 0 Å². The van der Waals surface area contributed by atoms with Gasteiger partial charge in [0.05, 0.1) is 24.7 Å². The number of sulfonamides is 1. The third-order valence-electron chi connectivity index (χ3n) is 4.24. The molecule has 3 rings (SSSR count). The molecule has 7 nitrogen and oxygen atoms in total. The Morgan fingerprint density at radius 2 is 1.93 bits per heavy atom. The second-order valence-corrected chi connectivity index (χ2v) is 9.60. The summed E-state index contributed by atoms with van der Waals surface area (Å²) in [6, 6.07) is 9.51. The van der Waals surface area contributed by atoms with Crippen molar-refractivity contribution in [3.63, 3.8) is 0 Å². The lowest BCUT2D eigenvalue weighted by atomic mass is 10.2. The molecule has 0 spiro atoms. The van der Waals surface area contributed by atoms with E-state index in [0.29, 0.717) is 23.2 Å². The van der Waals surface area contributed by atoms with Gasteiger partial charge in [0, 0.05) is 25.5 Å². The maximum absolute atomic E-state index is 12.7. The number of benzene rings is 1. The van der Waals surface area contributed by atoms with Crippen LogP contribution in [0.25, 0.3) is 20.7 Å². The number of nitrogens with zero attached hydrogens (tertiary/aromatic N) is 3. The van der Waals surface area contributed by atoms with Crippen LogP contribution in [0.2, 0.25) is 0 Å². The Morgan fingerprint density at radius 3 is 2.56 bits per heavy atom. The summed E-state index contributed by atoms with van der Waals surface area (Å²) in [5, 5.41) is 0. The van der Waals surface area contributed by atoms with Crippen LogP contribution in [0.4, 0.5) is 0 Å². The van der Waals surface area contributed by atoms with Gasteiger partial charge < -0.3 is 4.74 Å². The van der Waals surface area contributed by atoms with Gasteiger partial charge in [-0.1, -0.05) is 0 Å². The van der Waals surface area contributed by atoms with E-state index in [9.17, 15) is 13.2 Å². The highest BCUT2D eigenvalue weighted by atomic mass is 32.2. The van der Waals surface area contributed by atoms with E-state index in [0.717, 1.165) is 16.2 Å². The minimum Gasteiger partial charge on any atom is -0.497 e. The molecular formula is C18H21N3O4S2. The first kappa shape index (κ1) is 19.5. The molecule has 27 heavy (non-hydrogen) atoms. The number of thiophene rings is 1. The fourth-order valence-corrected chi connectivity index (χ4v) is 4.53. The first-order chi connectivity index (χ1) is 12.8. The molecule has 0 bridgehead atoms. The van der Waals surface area contributed by atoms with Crippen LogP contribution >= 0.6 is 11.3 Å². The van der Waals surface area contributed by atoms with Crippen molar-refractivity contribution in [2.75, 3.05) is 27.0 Å². The lowest BCUT2D eigenvalue weighted by Crippen LogP contribution is -2.27. The van der Waals surface area contributed by atoms with E-state index in [1.807, 2.05) is 30.3 Å². The number of methoxy groups -OCH3 is 1. The minimum atomic E-state index is -3.27. The van der Waals surface area contributed by atoms with Crippen LogP contribution in [0.1, 0.15) is 6.42 Å². The van der Waals surface area contributed by atoms with Crippen LogP contribution in [0.15, 0.2) is 41.5 Å². The van der Waals surface area contributed by atoms with Gasteiger partial charge in [-0.25, -0.2) is 17.7 Å². The van der Waals surface area contributed by atoms with E-state index >= 15 is 0 Å². The molecule has 0 unspecified atom stereocenters. The Hall–Kier alpha value is -2.23. The minimum absolute atomic E-state index is 0.00792. The van der Waals surface area contributed by atoms with Crippen molar-refractivity contribution in [1.82, 2.24) is 13.9 Å². The van der Waals surface area contributed by atoms with Gasteiger partial charge in [-0.3, -0.25) is 9.36 Å². The Balaban J connectivity index is 1.83. The molecule has 2 heterocycles. The zero-order chi connectivity index (χ0) is 19.6. The van der Waals surface area contributed by atoms with E-state index in [1.165, 1.54) is 40.6 Å². The zero-order valence-corrected chi connectivity index (χ0v) is 17.0. The highest BCUT2D eigenvalue weighted by Gasteiger charge is 2.14. The number of aryl methyl sites for hydroxylation is 1. The normalized spacial score (nSPS) is 12.0. The van der Waals surface area contributed by atoms with Gasteiger partial charge in [-0.15, -0.1) is 11.3 Å². The highest BCUT2D eigenvalue weighted by molar-refractivity contribution is 7.89. The van der Waals surface area contributed by atoms with Crippen molar-refractivity contribution >= 4 is 31.6 Å². The molecule has 0 amide bonds. The molecule has 3 aromatic rings. The van der Waals surface area contributed by atoms with Gasteiger partial charge in [-0.05, 0) is 42.3 Å². The second kappa shape index (κ2) is 7.79. The molecule has 0 aliphatic rings. The predicted molar refractivity (Wildman–Crippen MR) is 108 cm³/mol. The summed E-state index contributed by atoms with van der Waals surface area (Å²) in [6.07, 6.45) is 1.84. The Bertz CT molecular complexity index is 1100. The van der Waals surface area contributed by atoms with Gasteiger partial charge in [0.25, 0.3) is 5.56 Å². The summed E-state index contributed by atoms with van der Waals surface area (Å²) in [5.41, 5.74) is 1.49. The molecular weight excluding hydrogens is 386 g/mol. The SMILES string of the molecule is COc1ccc(-c2cc3ncn(CCCS(=O)(=O)N(C)C)c(=O)c3s2)cc1. The van der Waals surface area contributed by atoms with Crippen LogP contribution in [-0.2, 0) is 16.6 Å². The molecule has 0 atom stereocenters. The molecule has 0 saturated carbocycles. The van der Waals surface area contributed by atoms with E-state index in [1.54, 1.807) is 7.11 Å². The Morgan fingerprint density at radius 1 is 1.22 bits per heavy atom. The molecule has 0 N–H and O–H groups in total. The fourth-order valence-electron chi connectivity index (χ4n) is 2.60.